The molecule has 0 aromatic heterocycles. The molecule has 0 fully saturated rings. The lowest BCUT2D eigenvalue weighted by Gasteiger charge is -2.24. The normalized spacial score (nSPS) is 16.9. The molecular formula is C15H22N2O. The maximum Gasteiger partial charge on any atom is 0.225 e. The molecule has 1 amide bonds. The second kappa shape index (κ2) is 6.01. The molecule has 2 rings (SSSR count). The van der Waals surface area contributed by atoms with Gasteiger partial charge in [-0.3, -0.25) is 4.79 Å². The molecule has 0 bridgehead atoms. The minimum absolute atomic E-state index is 0.0419. The summed E-state index contributed by atoms with van der Waals surface area (Å²) in [6.45, 7) is 4.18. The van der Waals surface area contributed by atoms with E-state index in [9.17, 15) is 4.79 Å². The number of amides is 1. The van der Waals surface area contributed by atoms with Crippen LogP contribution in [0, 0.1) is 5.92 Å². The summed E-state index contributed by atoms with van der Waals surface area (Å²) in [7, 11) is 0. The molecule has 2 N–H and O–H groups in total. The molecule has 1 aromatic rings. The smallest absolute Gasteiger partial charge is 0.225 e. The molecule has 0 saturated heterocycles. The summed E-state index contributed by atoms with van der Waals surface area (Å²) in [6, 6.07) is 8.44. The number of nitrogens with two attached hydrogens (primary N) is 1. The molecule has 1 atom stereocenters. The van der Waals surface area contributed by atoms with Crippen molar-refractivity contribution < 1.29 is 4.79 Å². The quantitative estimate of drug-likeness (QED) is 0.886. The first kappa shape index (κ1) is 13.1. The number of aryl methyl sites for hydroxylation is 1. The monoisotopic (exact) mass is 246 g/mol. The fraction of sp³-hybridized carbons (Fsp3) is 0.533. The zero-order valence-electron chi connectivity index (χ0n) is 11.1. The van der Waals surface area contributed by atoms with Crippen molar-refractivity contribution in [2.24, 2.45) is 11.7 Å². The predicted molar refractivity (Wildman–Crippen MR) is 73.0 cm³/mol. The Labute approximate surface area is 109 Å². The Hall–Kier alpha value is -1.35. The number of hydrogen-bond acceptors (Lipinski definition) is 2. The molecule has 1 aliphatic heterocycles. The van der Waals surface area contributed by atoms with Gasteiger partial charge in [-0.2, -0.15) is 0 Å². The van der Waals surface area contributed by atoms with Gasteiger partial charge >= 0.3 is 0 Å². The number of carbonyl (C=O) groups excluding carboxylic acids is 1. The fourth-order valence-electron chi connectivity index (χ4n) is 2.57. The van der Waals surface area contributed by atoms with Crippen LogP contribution in [-0.2, 0) is 17.8 Å². The minimum atomic E-state index is 0.0419. The molecule has 1 heterocycles. The zero-order valence-corrected chi connectivity index (χ0v) is 11.1. The Morgan fingerprint density at radius 3 is 2.83 bits per heavy atom. The van der Waals surface area contributed by atoms with Gasteiger partial charge in [-0.05, 0) is 36.9 Å². The van der Waals surface area contributed by atoms with Crippen LogP contribution in [0.15, 0.2) is 24.3 Å². The number of hydrogen-bond donors (Lipinski definition) is 1. The van der Waals surface area contributed by atoms with Gasteiger partial charge in [-0.25, -0.2) is 0 Å². The highest BCUT2D eigenvalue weighted by Gasteiger charge is 2.22. The summed E-state index contributed by atoms with van der Waals surface area (Å²) in [5, 5.41) is 0. The Morgan fingerprint density at radius 2 is 2.11 bits per heavy atom. The van der Waals surface area contributed by atoms with Crippen molar-refractivity contribution in [3.63, 3.8) is 0 Å². The van der Waals surface area contributed by atoms with Crippen molar-refractivity contribution in [1.29, 1.82) is 0 Å². The molecule has 0 aliphatic carbocycles. The summed E-state index contributed by atoms with van der Waals surface area (Å²) in [5.74, 6) is 0.289. The van der Waals surface area contributed by atoms with Crippen LogP contribution >= 0.6 is 0 Å². The Kier molecular flexibility index (Phi) is 4.37. The van der Waals surface area contributed by atoms with E-state index in [0.717, 1.165) is 32.4 Å². The van der Waals surface area contributed by atoms with Crippen LogP contribution in [0.2, 0.25) is 0 Å². The number of rotatable bonds is 3. The van der Waals surface area contributed by atoms with Gasteiger partial charge in [0.2, 0.25) is 5.91 Å². The van der Waals surface area contributed by atoms with E-state index in [4.69, 9.17) is 5.73 Å². The van der Waals surface area contributed by atoms with Crippen LogP contribution in [0.5, 0.6) is 0 Å². The molecule has 1 aliphatic rings. The van der Waals surface area contributed by atoms with Crippen LogP contribution < -0.4 is 5.73 Å². The highest BCUT2D eigenvalue weighted by Crippen LogP contribution is 2.20. The Morgan fingerprint density at radius 1 is 1.39 bits per heavy atom. The lowest BCUT2D eigenvalue weighted by molar-refractivity contribution is -0.135. The van der Waals surface area contributed by atoms with E-state index in [1.54, 1.807) is 0 Å². The number of carbonyl (C=O) groups is 1. The second-order valence-electron chi connectivity index (χ2n) is 5.11. The maximum absolute atomic E-state index is 12.3. The average Bonchev–Trinajstić information content (AvgIpc) is 2.60. The van der Waals surface area contributed by atoms with Gasteiger partial charge in [0, 0.05) is 19.0 Å². The van der Waals surface area contributed by atoms with Crippen molar-refractivity contribution in [2.75, 3.05) is 13.1 Å². The van der Waals surface area contributed by atoms with Crippen LogP contribution in [0.1, 0.15) is 30.9 Å². The predicted octanol–water partition coefficient (Wildman–Crippen LogP) is 1.95. The molecule has 0 saturated carbocycles. The maximum atomic E-state index is 12.3. The third-order valence-corrected chi connectivity index (χ3v) is 3.69. The zero-order chi connectivity index (χ0) is 13.0. The Balaban J connectivity index is 2.10. The van der Waals surface area contributed by atoms with E-state index >= 15 is 0 Å². The van der Waals surface area contributed by atoms with Gasteiger partial charge in [0.05, 0.1) is 0 Å². The molecule has 98 valence electrons. The van der Waals surface area contributed by atoms with Gasteiger partial charge < -0.3 is 10.6 Å². The summed E-state index contributed by atoms with van der Waals surface area (Å²) < 4.78 is 0. The minimum Gasteiger partial charge on any atom is -0.338 e. The first-order valence-electron chi connectivity index (χ1n) is 6.78. The van der Waals surface area contributed by atoms with Crippen LogP contribution in [0.3, 0.4) is 0 Å². The van der Waals surface area contributed by atoms with Crippen molar-refractivity contribution in [2.45, 2.75) is 32.7 Å². The summed E-state index contributed by atoms with van der Waals surface area (Å²) in [5.41, 5.74) is 8.22. The summed E-state index contributed by atoms with van der Waals surface area (Å²) in [6.07, 6.45) is 2.90. The van der Waals surface area contributed by atoms with E-state index in [2.05, 4.69) is 24.3 Å². The van der Waals surface area contributed by atoms with E-state index in [1.165, 1.54) is 11.1 Å². The van der Waals surface area contributed by atoms with Gasteiger partial charge in [0.1, 0.15) is 0 Å². The summed E-state index contributed by atoms with van der Waals surface area (Å²) >= 11 is 0. The molecule has 18 heavy (non-hydrogen) atoms. The van der Waals surface area contributed by atoms with Crippen molar-refractivity contribution >= 4 is 5.91 Å². The van der Waals surface area contributed by atoms with Crippen LogP contribution in [-0.4, -0.2) is 23.9 Å². The lowest BCUT2D eigenvalue weighted by atomic mass is 10.0. The molecule has 1 unspecified atom stereocenters. The summed E-state index contributed by atoms with van der Waals surface area (Å²) in [4.78, 5) is 14.3. The van der Waals surface area contributed by atoms with E-state index < -0.39 is 0 Å². The largest absolute Gasteiger partial charge is 0.338 e. The number of nitrogens with zero attached hydrogens (tertiary/aromatic N) is 1. The Bertz CT molecular complexity index is 417. The molecule has 0 radical (unpaired) electrons. The first-order valence-corrected chi connectivity index (χ1v) is 6.78. The highest BCUT2D eigenvalue weighted by atomic mass is 16.2. The fourth-order valence-corrected chi connectivity index (χ4v) is 2.57. The van der Waals surface area contributed by atoms with Crippen LogP contribution in [0.25, 0.3) is 0 Å². The van der Waals surface area contributed by atoms with Crippen molar-refractivity contribution in [3.8, 4) is 0 Å². The van der Waals surface area contributed by atoms with Gasteiger partial charge in [-0.1, -0.05) is 31.2 Å². The standard InChI is InChI=1S/C15H22N2O/c1-12(8-9-16)15(18)17-10-4-7-13-5-2-3-6-14(13)11-17/h2-3,5-6,12H,4,7-11,16H2,1H3. The first-order chi connectivity index (χ1) is 8.72. The van der Waals surface area contributed by atoms with Gasteiger partial charge in [0.15, 0.2) is 0 Å². The van der Waals surface area contributed by atoms with Gasteiger partial charge in [-0.15, -0.1) is 0 Å². The SMILES string of the molecule is CC(CCN)C(=O)N1CCCc2ccccc2C1. The second-order valence-corrected chi connectivity index (χ2v) is 5.11. The topological polar surface area (TPSA) is 46.3 Å². The van der Waals surface area contributed by atoms with Crippen molar-refractivity contribution in [1.82, 2.24) is 4.90 Å². The number of benzene rings is 1. The highest BCUT2D eigenvalue weighted by molar-refractivity contribution is 5.78. The molecule has 0 spiro atoms. The molecule has 1 aromatic carbocycles. The third kappa shape index (κ3) is 2.91. The number of fused-ring (bicyclic) bond motifs is 1. The van der Waals surface area contributed by atoms with E-state index in [-0.39, 0.29) is 11.8 Å². The van der Waals surface area contributed by atoms with E-state index in [0.29, 0.717) is 6.54 Å². The average molecular weight is 246 g/mol. The third-order valence-electron chi connectivity index (χ3n) is 3.69. The lowest BCUT2D eigenvalue weighted by Crippen LogP contribution is -2.35. The van der Waals surface area contributed by atoms with E-state index in [1.807, 2.05) is 11.8 Å². The van der Waals surface area contributed by atoms with Gasteiger partial charge in [0.25, 0.3) is 0 Å². The van der Waals surface area contributed by atoms with Crippen molar-refractivity contribution in [3.05, 3.63) is 35.4 Å². The van der Waals surface area contributed by atoms with Crippen LogP contribution in [0.4, 0.5) is 0 Å². The molecular weight excluding hydrogens is 224 g/mol. The molecule has 3 nitrogen and oxygen atoms in total. The molecule has 3 heteroatoms.